The van der Waals surface area contributed by atoms with Crippen LogP contribution in [0.25, 0.3) is 11.1 Å². The lowest BCUT2D eigenvalue weighted by atomic mass is 9.74. The molecule has 0 spiro atoms. The summed E-state index contributed by atoms with van der Waals surface area (Å²) in [5, 5.41) is 12.3. The molecule has 2 unspecified atom stereocenters. The summed E-state index contributed by atoms with van der Waals surface area (Å²) in [6, 6.07) is 15.5. The highest BCUT2D eigenvalue weighted by molar-refractivity contribution is 5.86. The number of benzene rings is 2. The minimum absolute atomic E-state index is 0.0154. The molecule has 2 aromatic rings. The summed E-state index contributed by atoms with van der Waals surface area (Å²) in [5.41, 5.74) is 4.21. The van der Waals surface area contributed by atoms with Crippen molar-refractivity contribution >= 4 is 18.0 Å². The summed E-state index contributed by atoms with van der Waals surface area (Å²) in [5.74, 6) is -1.18. The molecule has 7 heteroatoms. The number of amides is 2. The van der Waals surface area contributed by atoms with Crippen LogP contribution < -0.4 is 5.32 Å². The molecule has 1 heterocycles. The Balaban J connectivity index is 1.32. The molecule has 0 aromatic heterocycles. The Morgan fingerprint density at radius 2 is 1.63 bits per heavy atom. The highest BCUT2D eigenvalue weighted by Gasteiger charge is 2.52. The first-order chi connectivity index (χ1) is 16.6. The zero-order valence-electron chi connectivity index (χ0n) is 20.8. The van der Waals surface area contributed by atoms with E-state index in [0.29, 0.717) is 6.54 Å². The van der Waals surface area contributed by atoms with Crippen LogP contribution in [0.4, 0.5) is 4.79 Å². The fraction of sp³-hybridized carbons (Fsp3) is 0.464. The summed E-state index contributed by atoms with van der Waals surface area (Å²) >= 11 is 0. The zero-order valence-corrected chi connectivity index (χ0v) is 20.8. The fourth-order valence-electron chi connectivity index (χ4n) is 5.37. The van der Waals surface area contributed by atoms with E-state index in [4.69, 9.17) is 4.74 Å². The maximum absolute atomic E-state index is 12.8. The lowest BCUT2D eigenvalue weighted by Crippen LogP contribution is -2.67. The van der Waals surface area contributed by atoms with Crippen molar-refractivity contribution in [2.45, 2.75) is 46.1 Å². The van der Waals surface area contributed by atoms with Crippen LogP contribution in [0.2, 0.25) is 0 Å². The van der Waals surface area contributed by atoms with E-state index in [9.17, 15) is 19.5 Å². The second-order valence-electron chi connectivity index (χ2n) is 10.7. The first-order valence-electron chi connectivity index (χ1n) is 12.2. The normalized spacial score (nSPS) is 18.9. The summed E-state index contributed by atoms with van der Waals surface area (Å²) < 4.78 is 5.61. The van der Waals surface area contributed by atoms with Gasteiger partial charge >= 0.3 is 12.1 Å². The highest BCUT2D eigenvalue weighted by atomic mass is 16.5. The molecule has 35 heavy (non-hydrogen) atoms. The maximum Gasteiger partial charge on any atom is 0.407 e. The van der Waals surface area contributed by atoms with Crippen LogP contribution in [0.1, 0.15) is 51.2 Å². The first-order valence-corrected chi connectivity index (χ1v) is 12.2. The molecule has 2 aromatic carbocycles. The highest BCUT2D eigenvalue weighted by Crippen LogP contribution is 2.44. The van der Waals surface area contributed by atoms with E-state index in [1.807, 2.05) is 52.0 Å². The predicted molar refractivity (Wildman–Crippen MR) is 133 cm³/mol. The number of alkyl carbamates (subject to hydrolysis) is 1. The van der Waals surface area contributed by atoms with Gasteiger partial charge in [-0.1, -0.05) is 76.2 Å². The van der Waals surface area contributed by atoms with E-state index < -0.39 is 23.5 Å². The van der Waals surface area contributed by atoms with Crippen molar-refractivity contribution < 1.29 is 24.2 Å². The number of ether oxygens (including phenoxy) is 1. The largest absolute Gasteiger partial charge is 0.480 e. The Kier molecular flexibility index (Phi) is 6.88. The SMILES string of the molecule is CC(C)C(CNC(=O)OCC1c2ccccc2-c2ccccc21)CC(=O)N1CC(C)(C)C1C(=O)O. The van der Waals surface area contributed by atoms with Crippen LogP contribution in [-0.4, -0.2) is 53.7 Å². The second-order valence-corrected chi connectivity index (χ2v) is 10.7. The Bertz CT molecular complexity index is 1080. The van der Waals surface area contributed by atoms with Crippen molar-refractivity contribution in [1.82, 2.24) is 10.2 Å². The van der Waals surface area contributed by atoms with E-state index in [-0.39, 0.29) is 43.2 Å². The van der Waals surface area contributed by atoms with Crippen molar-refractivity contribution in [2.75, 3.05) is 19.7 Å². The van der Waals surface area contributed by atoms with Crippen LogP contribution in [-0.2, 0) is 14.3 Å². The molecule has 0 saturated carbocycles. The van der Waals surface area contributed by atoms with Gasteiger partial charge in [0, 0.05) is 30.8 Å². The third-order valence-corrected chi connectivity index (χ3v) is 7.42. The molecular weight excluding hydrogens is 444 g/mol. The lowest BCUT2D eigenvalue weighted by molar-refractivity contribution is -0.172. The number of carbonyl (C=O) groups is 3. The Morgan fingerprint density at radius 1 is 1.06 bits per heavy atom. The molecule has 1 aliphatic carbocycles. The molecule has 186 valence electrons. The average Bonchev–Trinajstić information content (AvgIpc) is 3.12. The van der Waals surface area contributed by atoms with Crippen molar-refractivity contribution in [3.63, 3.8) is 0 Å². The second kappa shape index (κ2) is 9.72. The summed E-state index contributed by atoms with van der Waals surface area (Å²) in [7, 11) is 0. The predicted octanol–water partition coefficient (Wildman–Crippen LogP) is 4.51. The van der Waals surface area contributed by atoms with E-state index >= 15 is 0 Å². The molecule has 0 radical (unpaired) electrons. The van der Waals surface area contributed by atoms with Gasteiger partial charge in [-0.15, -0.1) is 0 Å². The number of nitrogens with zero attached hydrogens (tertiary/aromatic N) is 1. The molecule has 2 aliphatic rings. The van der Waals surface area contributed by atoms with Crippen LogP contribution in [0.15, 0.2) is 48.5 Å². The van der Waals surface area contributed by atoms with Gasteiger partial charge in [0.25, 0.3) is 0 Å². The topological polar surface area (TPSA) is 95.9 Å². The minimum atomic E-state index is -0.979. The number of nitrogens with one attached hydrogen (secondary N) is 1. The summed E-state index contributed by atoms with van der Waals surface area (Å²) in [6.07, 6.45) is -0.334. The van der Waals surface area contributed by atoms with E-state index in [1.54, 1.807) is 0 Å². The van der Waals surface area contributed by atoms with Gasteiger partial charge in [-0.25, -0.2) is 9.59 Å². The van der Waals surface area contributed by atoms with Crippen LogP contribution in [0.5, 0.6) is 0 Å². The van der Waals surface area contributed by atoms with Gasteiger partial charge in [-0.05, 0) is 34.1 Å². The Hall–Kier alpha value is -3.35. The number of fused-ring (bicyclic) bond motifs is 3. The van der Waals surface area contributed by atoms with E-state index in [2.05, 4.69) is 29.6 Å². The molecule has 2 atom stereocenters. The summed E-state index contributed by atoms with van der Waals surface area (Å²) in [6.45, 7) is 8.64. The molecule has 0 bridgehead atoms. The van der Waals surface area contributed by atoms with Gasteiger partial charge in [0.1, 0.15) is 12.6 Å². The van der Waals surface area contributed by atoms with Gasteiger partial charge in [0.2, 0.25) is 5.91 Å². The number of likely N-dealkylation sites (tertiary alicyclic amines) is 1. The monoisotopic (exact) mass is 478 g/mol. The smallest absolute Gasteiger partial charge is 0.407 e. The van der Waals surface area contributed by atoms with E-state index in [1.165, 1.54) is 16.0 Å². The maximum atomic E-state index is 12.8. The molecule has 4 rings (SSSR count). The van der Waals surface area contributed by atoms with Gasteiger partial charge < -0.3 is 20.1 Å². The lowest BCUT2D eigenvalue weighted by Gasteiger charge is -2.52. The third-order valence-electron chi connectivity index (χ3n) is 7.42. The molecule has 2 amide bonds. The van der Waals surface area contributed by atoms with Gasteiger partial charge in [-0.2, -0.15) is 0 Å². The Morgan fingerprint density at radius 3 is 2.14 bits per heavy atom. The van der Waals surface area contributed by atoms with Crippen molar-refractivity contribution in [1.29, 1.82) is 0 Å². The van der Waals surface area contributed by atoms with Gasteiger partial charge in [0.15, 0.2) is 0 Å². The number of hydrogen-bond acceptors (Lipinski definition) is 4. The average molecular weight is 479 g/mol. The molecule has 2 N–H and O–H groups in total. The Labute approximate surface area is 206 Å². The van der Waals surface area contributed by atoms with Crippen molar-refractivity contribution in [3.05, 3.63) is 59.7 Å². The van der Waals surface area contributed by atoms with Crippen molar-refractivity contribution in [3.8, 4) is 11.1 Å². The minimum Gasteiger partial charge on any atom is -0.480 e. The zero-order chi connectivity index (χ0) is 25.3. The molecular formula is C28H34N2O5. The fourth-order valence-corrected chi connectivity index (χ4v) is 5.37. The van der Waals surface area contributed by atoms with Crippen LogP contribution in [0.3, 0.4) is 0 Å². The third kappa shape index (κ3) is 4.90. The summed E-state index contributed by atoms with van der Waals surface area (Å²) in [4.78, 5) is 38.4. The standard InChI is InChI=1S/C28H34N2O5/c1-17(2)18(13-24(31)30-16-28(3,4)25(30)26(32)33)14-29-27(34)35-15-23-21-11-7-5-9-19(21)20-10-6-8-12-22(20)23/h5-12,17-18,23,25H,13-16H2,1-4H3,(H,29,34)(H,32,33). The van der Waals surface area contributed by atoms with Crippen LogP contribution >= 0.6 is 0 Å². The quantitative estimate of drug-likeness (QED) is 0.582. The van der Waals surface area contributed by atoms with E-state index in [0.717, 1.165) is 11.1 Å². The van der Waals surface area contributed by atoms with Crippen molar-refractivity contribution in [2.24, 2.45) is 17.3 Å². The number of aliphatic carboxylic acids is 1. The van der Waals surface area contributed by atoms with Gasteiger partial charge in [-0.3, -0.25) is 4.79 Å². The number of carboxylic acids is 1. The molecule has 1 fully saturated rings. The first kappa shape index (κ1) is 24.8. The number of hydrogen-bond donors (Lipinski definition) is 2. The van der Waals surface area contributed by atoms with Gasteiger partial charge in [0.05, 0.1) is 0 Å². The number of carboxylic acid groups (broad SMARTS) is 1. The molecule has 1 saturated heterocycles. The number of rotatable bonds is 8. The van der Waals surface area contributed by atoms with Crippen LogP contribution in [0, 0.1) is 17.3 Å². The number of carbonyl (C=O) groups excluding carboxylic acids is 2. The molecule has 1 aliphatic heterocycles. The molecule has 7 nitrogen and oxygen atoms in total.